The minimum atomic E-state index is -1.12. The number of hydrogen-bond acceptors (Lipinski definition) is 5. The SMILES string of the molecule is CC(C)CC(NC(=O)C(NC(=O)C(Cc1c[nH]c2ccccc12)NC(=O)C1CCCN1)C(C)C)C(=O)O. The van der Waals surface area contributed by atoms with Crippen LogP contribution < -0.4 is 21.3 Å². The Balaban J connectivity index is 1.79. The predicted molar refractivity (Wildman–Crippen MR) is 141 cm³/mol. The summed E-state index contributed by atoms with van der Waals surface area (Å²) in [5.41, 5.74) is 1.79. The molecule has 1 aliphatic rings. The number of carbonyl (C=O) groups is 4. The van der Waals surface area contributed by atoms with Crippen molar-refractivity contribution in [3.63, 3.8) is 0 Å². The maximum absolute atomic E-state index is 13.5. The number of fused-ring (bicyclic) bond motifs is 1. The molecule has 10 heteroatoms. The molecule has 3 rings (SSSR count). The molecule has 4 atom stereocenters. The van der Waals surface area contributed by atoms with Crippen LogP contribution in [0.5, 0.6) is 0 Å². The lowest BCUT2D eigenvalue weighted by atomic mass is 9.99. The number of H-pyrrole nitrogens is 1. The summed E-state index contributed by atoms with van der Waals surface area (Å²) >= 11 is 0. The van der Waals surface area contributed by atoms with Gasteiger partial charge >= 0.3 is 5.97 Å². The molecule has 202 valence electrons. The first-order valence-corrected chi connectivity index (χ1v) is 13.0. The molecule has 1 aromatic heterocycles. The fourth-order valence-electron chi connectivity index (χ4n) is 4.65. The maximum atomic E-state index is 13.5. The highest BCUT2D eigenvalue weighted by atomic mass is 16.4. The van der Waals surface area contributed by atoms with Gasteiger partial charge in [0.05, 0.1) is 6.04 Å². The fourth-order valence-corrected chi connectivity index (χ4v) is 4.65. The average molecular weight is 514 g/mol. The number of aromatic nitrogens is 1. The monoisotopic (exact) mass is 513 g/mol. The summed E-state index contributed by atoms with van der Waals surface area (Å²) in [6, 6.07) is 4.39. The van der Waals surface area contributed by atoms with Crippen molar-refractivity contribution in [2.45, 2.75) is 77.5 Å². The molecule has 2 aromatic rings. The highest BCUT2D eigenvalue weighted by Gasteiger charge is 2.33. The Morgan fingerprint density at radius 3 is 2.35 bits per heavy atom. The van der Waals surface area contributed by atoms with Crippen LogP contribution in [0.4, 0.5) is 0 Å². The molecule has 37 heavy (non-hydrogen) atoms. The summed E-state index contributed by atoms with van der Waals surface area (Å²) in [5.74, 6) is -2.69. The van der Waals surface area contributed by atoms with Crippen molar-refractivity contribution in [3.05, 3.63) is 36.0 Å². The van der Waals surface area contributed by atoms with Crippen molar-refractivity contribution in [2.24, 2.45) is 11.8 Å². The highest BCUT2D eigenvalue weighted by Crippen LogP contribution is 2.20. The number of nitrogens with one attached hydrogen (secondary N) is 5. The minimum Gasteiger partial charge on any atom is -0.480 e. The Kier molecular flexibility index (Phi) is 9.68. The molecule has 1 aliphatic heterocycles. The van der Waals surface area contributed by atoms with Crippen LogP contribution >= 0.6 is 0 Å². The molecule has 1 fully saturated rings. The van der Waals surface area contributed by atoms with E-state index >= 15 is 0 Å². The van der Waals surface area contributed by atoms with E-state index in [1.54, 1.807) is 13.8 Å². The van der Waals surface area contributed by atoms with Crippen molar-refractivity contribution in [1.82, 2.24) is 26.3 Å². The third-order valence-corrected chi connectivity index (χ3v) is 6.68. The van der Waals surface area contributed by atoms with Gasteiger partial charge in [-0.2, -0.15) is 0 Å². The van der Waals surface area contributed by atoms with Gasteiger partial charge in [-0.15, -0.1) is 0 Å². The fraction of sp³-hybridized carbons (Fsp3) is 0.556. The standard InChI is InChI=1S/C27H39N5O5/c1-15(2)12-22(27(36)37)31-26(35)23(16(3)4)32-25(34)21(30-24(33)20-10-7-11-28-20)13-17-14-29-19-9-6-5-8-18(17)19/h5-6,8-9,14-16,20-23,28-29H,7,10-13H2,1-4H3,(H,30,33)(H,31,35)(H,32,34)(H,36,37). The van der Waals surface area contributed by atoms with E-state index in [0.717, 1.165) is 29.4 Å². The van der Waals surface area contributed by atoms with E-state index < -0.39 is 35.9 Å². The van der Waals surface area contributed by atoms with E-state index in [9.17, 15) is 24.3 Å². The first-order valence-electron chi connectivity index (χ1n) is 13.0. The minimum absolute atomic E-state index is 0.0634. The van der Waals surface area contributed by atoms with E-state index in [1.807, 2.05) is 44.3 Å². The molecule has 3 amide bonds. The third kappa shape index (κ3) is 7.55. The van der Waals surface area contributed by atoms with E-state index in [2.05, 4.69) is 26.3 Å². The number of hydrogen-bond donors (Lipinski definition) is 6. The summed E-state index contributed by atoms with van der Waals surface area (Å²) in [6.45, 7) is 8.05. The molecule has 0 aliphatic carbocycles. The molecular weight excluding hydrogens is 474 g/mol. The molecule has 0 saturated carbocycles. The average Bonchev–Trinajstić information content (AvgIpc) is 3.51. The third-order valence-electron chi connectivity index (χ3n) is 6.68. The Bertz CT molecular complexity index is 1110. The number of rotatable bonds is 12. The first kappa shape index (κ1) is 28.2. The molecular formula is C27H39N5O5. The Hall–Kier alpha value is -3.40. The van der Waals surface area contributed by atoms with Gasteiger partial charge in [-0.05, 0) is 49.3 Å². The van der Waals surface area contributed by atoms with Gasteiger partial charge in [-0.1, -0.05) is 45.9 Å². The van der Waals surface area contributed by atoms with Crippen LogP contribution in [0.15, 0.2) is 30.5 Å². The molecule has 1 saturated heterocycles. The summed E-state index contributed by atoms with van der Waals surface area (Å²) in [4.78, 5) is 54.4. The molecule has 4 unspecified atom stereocenters. The lowest BCUT2D eigenvalue weighted by molar-refractivity contribution is -0.143. The second-order valence-electron chi connectivity index (χ2n) is 10.5. The van der Waals surface area contributed by atoms with Gasteiger partial charge in [0.2, 0.25) is 17.7 Å². The van der Waals surface area contributed by atoms with Gasteiger partial charge in [-0.3, -0.25) is 14.4 Å². The van der Waals surface area contributed by atoms with Gasteiger partial charge < -0.3 is 31.4 Å². The van der Waals surface area contributed by atoms with Crippen molar-refractivity contribution in [3.8, 4) is 0 Å². The Morgan fingerprint density at radius 2 is 1.73 bits per heavy atom. The normalized spacial score (nSPS) is 17.9. The predicted octanol–water partition coefficient (Wildman–Crippen LogP) is 1.70. The van der Waals surface area contributed by atoms with E-state index in [-0.39, 0.29) is 36.6 Å². The largest absolute Gasteiger partial charge is 0.480 e. The molecule has 1 aromatic carbocycles. The quantitative estimate of drug-likeness (QED) is 0.254. The van der Waals surface area contributed by atoms with E-state index in [4.69, 9.17) is 0 Å². The van der Waals surface area contributed by atoms with Crippen LogP contribution in [0.3, 0.4) is 0 Å². The van der Waals surface area contributed by atoms with Gasteiger partial charge in [0.1, 0.15) is 18.1 Å². The number of aliphatic carboxylic acids is 1. The first-order chi connectivity index (χ1) is 17.6. The summed E-state index contributed by atoms with van der Waals surface area (Å²) in [5, 5.41) is 21.9. The zero-order valence-electron chi connectivity index (χ0n) is 22.0. The molecule has 6 N–H and O–H groups in total. The van der Waals surface area contributed by atoms with Gasteiger partial charge in [0, 0.05) is 23.5 Å². The molecule has 2 heterocycles. The summed E-state index contributed by atoms with van der Waals surface area (Å²) < 4.78 is 0. The number of carbonyl (C=O) groups excluding carboxylic acids is 3. The Labute approximate surface area is 217 Å². The van der Waals surface area contributed by atoms with E-state index in [1.165, 1.54) is 0 Å². The summed E-state index contributed by atoms with van der Waals surface area (Å²) in [6.07, 6.45) is 3.89. The number of para-hydroxylation sites is 1. The second kappa shape index (κ2) is 12.7. The zero-order chi connectivity index (χ0) is 27.1. The van der Waals surface area contributed by atoms with Gasteiger partial charge in [0.25, 0.3) is 0 Å². The van der Waals surface area contributed by atoms with Crippen molar-refractivity contribution in [1.29, 1.82) is 0 Å². The van der Waals surface area contributed by atoms with Crippen LogP contribution in [0.2, 0.25) is 0 Å². The van der Waals surface area contributed by atoms with E-state index in [0.29, 0.717) is 6.42 Å². The van der Waals surface area contributed by atoms with Crippen LogP contribution in [0, 0.1) is 11.8 Å². The van der Waals surface area contributed by atoms with Crippen molar-refractivity contribution in [2.75, 3.05) is 6.54 Å². The van der Waals surface area contributed by atoms with Crippen LogP contribution in [-0.4, -0.2) is 64.5 Å². The number of benzene rings is 1. The lowest BCUT2D eigenvalue weighted by Gasteiger charge is -2.27. The number of carboxylic acid groups (broad SMARTS) is 1. The number of carboxylic acids is 1. The second-order valence-corrected chi connectivity index (χ2v) is 10.5. The highest BCUT2D eigenvalue weighted by molar-refractivity contribution is 5.95. The van der Waals surface area contributed by atoms with Gasteiger partial charge in [0.15, 0.2) is 0 Å². The summed E-state index contributed by atoms with van der Waals surface area (Å²) in [7, 11) is 0. The topological polar surface area (TPSA) is 152 Å². The lowest BCUT2D eigenvalue weighted by Crippen LogP contribution is -2.58. The molecule has 0 radical (unpaired) electrons. The molecule has 10 nitrogen and oxygen atoms in total. The van der Waals surface area contributed by atoms with Crippen molar-refractivity contribution >= 4 is 34.6 Å². The number of amides is 3. The Morgan fingerprint density at radius 1 is 1.00 bits per heavy atom. The molecule has 0 bridgehead atoms. The smallest absolute Gasteiger partial charge is 0.326 e. The van der Waals surface area contributed by atoms with Crippen LogP contribution in [0.1, 0.15) is 52.5 Å². The maximum Gasteiger partial charge on any atom is 0.326 e. The zero-order valence-corrected chi connectivity index (χ0v) is 22.0. The van der Waals surface area contributed by atoms with Crippen LogP contribution in [0.25, 0.3) is 10.9 Å². The number of aromatic amines is 1. The van der Waals surface area contributed by atoms with Crippen molar-refractivity contribution < 1.29 is 24.3 Å². The van der Waals surface area contributed by atoms with Crippen LogP contribution in [-0.2, 0) is 25.6 Å². The molecule has 0 spiro atoms. The van der Waals surface area contributed by atoms with Gasteiger partial charge in [-0.25, -0.2) is 4.79 Å².